The lowest BCUT2D eigenvalue weighted by atomic mass is 9.76. The minimum absolute atomic E-state index is 0.0642. The van der Waals surface area contributed by atoms with Gasteiger partial charge in [-0.3, -0.25) is 9.59 Å². The van der Waals surface area contributed by atoms with Crippen molar-refractivity contribution in [1.29, 1.82) is 0 Å². The first-order valence-corrected chi connectivity index (χ1v) is 31.5. The van der Waals surface area contributed by atoms with Crippen LogP contribution in [0.15, 0.2) is 0 Å². The topological polar surface area (TPSA) is 513 Å². The minimum Gasteiger partial charge on any atom is -0.462 e. The lowest BCUT2D eigenvalue weighted by Crippen LogP contribution is -2.68. The van der Waals surface area contributed by atoms with Crippen LogP contribution in [0.25, 0.3) is 0 Å². The van der Waals surface area contributed by atoms with Crippen molar-refractivity contribution in [2.45, 2.75) is 277 Å². The van der Waals surface area contributed by atoms with Crippen molar-refractivity contribution >= 4 is 11.8 Å². The summed E-state index contributed by atoms with van der Waals surface area (Å²) < 4.78 is 77.4. The molecule has 32 heteroatoms. The van der Waals surface area contributed by atoms with Crippen molar-refractivity contribution in [2.24, 2.45) is 58.3 Å². The van der Waals surface area contributed by atoms with Gasteiger partial charge in [-0.1, -0.05) is 27.7 Å². The van der Waals surface area contributed by atoms with Gasteiger partial charge in [0, 0.05) is 56.0 Å². The van der Waals surface area contributed by atoms with Crippen LogP contribution in [-0.2, 0) is 71.2 Å². The molecule has 21 N–H and O–H groups in total. The van der Waals surface area contributed by atoms with E-state index < -0.39 is 226 Å². The molecular weight excluding hydrogens is 1200 g/mol. The van der Waals surface area contributed by atoms with Gasteiger partial charge in [0.25, 0.3) is 0 Å². The first-order valence-electron chi connectivity index (χ1n) is 31.5. The van der Waals surface area contributed by atoms with Gasteiger partial charge < -0.3 is 151 Å². The number of cyclic esters (lactones) is 1. The summed E-state index contributed by atoms with van der Waals surface area (Å²) in [5.74, 6) is -3.74. The van der Waals surface area contributed by atoms with E-state index in [1.54, 1.807) is 34.6 Å². The summed E-state index contributed by atoms with van der Waals surface area (Å²) in [5.41, 5.74) is 28.8. The second-order valence-corrected chi connectivity index (χ2v) is 26.5. The van der Waals surface area contributed by atoms with Crippen LogP contribution in [0.2, 0.25) is 0 Å². The molecule has 524 valence electrons. The monoisotopic (exact) mass is 1300 g/mol. The molecule has 7 heterocycles. The van der Waals surface area contributed by atoms with Gasteiger partial charge in [0.2, 0.25) is 0 Å². The number of carbonyl (C=O) groups is 2. The number of nitrogens with zero attached hydrogens (tertiary/aromatic N) is 1. The molecule has 0 aromatic heterocycles. The SMILES string of the molecule is CO[C@H]1C[C@H](O[C@H]2[C@H](C)[C@@H](O[C@@H]3O[C@H](C)C[C@H](N(C)C)[C@H]3O)[C@@H](C)C[C@]3(CO3)C(=O)[C@H](C)[C@@H](O)[C@@H](C)[C@@H](C)OC(=O)[C@@H]2C)O[C@@H](C)[C@@H]1O.NC[C@@H]1O[C@H](O[C@H]2[C@@H](O)[C@H](O[C@@H]3[C@@H](O)[C@H](N)C[C@H](N)[C@H]3O[C@H]3O[C@H](CO)[C@@H](O)[C@H](O)[C@H]3N)O[C@@H]2CO)[C@H](N)[C@@H](O)[C@@H]1O. The van der Waals surface area contributed by atoms with E-state index >= 15 is 0 Å². The van der Waals surface area contributed by atoms with Gasteiger partial charge >= 0.3 is 5.97 Å². The molecule has 90 heavy (non-hydrogen) atoms. The van der Waals surface area contributed by atoms with Crippen LogP contribution in [0.3, 0.4) is 0 Å². The average molecular weight is 1300 g/mol. The average Bonchev–Trinajstić information content (AvgIpc) is 1.76. The zero-order chi connectivity index (χ0) is 66.9. The molecule has 0 unspecified atom stereocenters. The molecule has 32 nitrogen and oxygen atoms in total. The van der Waals surface area contributed by atoms with E-state index in [4.69, 9.17) is 90.2 Å². The van der Waals surface area contributed by atoms with Crippen LogP contribution in [0.4, 0.5) is 0 Å². The van der Waals surface area contributed by atoms with Gasteiger partial charge in [-0.05, 0) is 67.0 Å². The van der Waals surface area contributed by atoms with E-state index in [0.717, 1.165) is 0 Å². The van der Waals surface area contributed by atoms with Gasteiger partial charge in [0.05, 0.1) is 80.5 Å². The quantitative estimate of drug-likeness (QED) is 0.0535. The fourth-order valence-electron chi connectivity index (χ4n) is 13.6. The second-order valence-electron chi connectivity index (χ2n) is 26.5. The molecule has 1 aliphatic carbocycles. The highest BCUT2D eigenvalue weighted by molar-refractivity contribution is 5.92. The molecule has 8 rings (SSSR count). The Labute approximate surface area is 524 Å². The Kier molecular flexibility index (Phi) is 26.7. The Morgan fingerprint density at radius 2 is 1.08 bits per heavy atom. The largest absolute Gasteiger partial charge is 0.462 e. The number of hydrogen-bond acceptors (Lipinski definition) is 32. The zero-order valence-electron chi connectivity index (χ0n) is 53.3. The number of ketones is 1. The molecule has 37 atom stereocenters. The molecular formula is C58H106N6O26. The van der Waals surface area contributed by atoms with Crippen LogP contribution < -0.4 is 28.7 Å². The molecule has 7 aliphatic heterocycles. The molecule has 1 spiro atoms. The van der Waals surface area contributed by atoms with Gasteiger partial charge in [-0.2, -0.15) is 0 Å². The number of rotatable bonds is 15. The highest BCUT2D eigenvalue weighted by atomic mass is 16.8. The fraction of sp³-hybridized carbons (Fsp3) is 0.966. The van der Waals surface area contributed by atoms with Crippen molar-refractivity contribution < 1.29 is 127 Å². The third-order valence-electron chi connectivity index (χ3n) is 19.7. The number of nitrogens with two attached hydrogens (primary N) is 5. The highest BCUT2D eigenvalue weighted by Gasteiger charge is 2.59. The molecule has 8 fully saturated rings. The van der Waals surface area contributed by atoms with Crippen LogP contribution in [0.1, 0.15) is 81.1 Å². The first kappa shape index (κ1) is 75.4. The van der Waals surface area contributed by atoms with Crippen molar-refractivity contribution in [3.63, 3.8) is 0 Å². The number of aliphatic hydroxyl groups excluding tert-OH is 11. The van der Waals surface area contributed by atoms with E-state index in [9.17, 15) is 65.8 Å². The van der Waals surface area contributed by atoms with Gasteiger partial charge in [0.15, 0.2) is 42.8 Å². The standard InChI is InChI=1S/C35H61NO12.C23H45N5O14/c1-16-14-35(15-43-35)32(40)19(4)27(37)18(3)22(7)46-33(41)21(6)31(47-26-13-25(42-11)28(38)23(8)45-26)20(5)30(16)48-34-29(39)24(36(9)10)12-17(2)44-34;24-2-7-13(32)15(34)10(27)21(37-7)41-19-9(4-30)39-23(17(19)36)42-20-12(31)5(25)1-6(26)18(20)40-22-11(28)16(35)14(33)8(3-29)38-22/h16-31,34,37-39H,12-15H2,1-11H3;5-23,29-36H,1-4,24-28H2/t16-,17+,18-,19+,20+,21+,22+,23-,24-,25-,26-,27-,28-,29+,30-,31-,34-,35-;5-,6+,7+,8-,9-,10-,11-,12+,13-,14-,15-,16-,17-,18-,19-,20-,21-,22-,23+/m01/s1. The summed E-state index contributed by atoms with van der Waals surface area (Å²) in [4.78, 5) is 29.7. The number of methoxy groups -OCH3 is 1. The number of carbonyl (C=O) groups excluding carboxylic acids is 2. The number of hydrogen-bond donors (Lipinski definition) is 16. The van der Waals surface area contributed by atoms with Crippen LogP contribution in [0.5, 0.6) is 0 Å². The van der Waals surface area contributed by atoms with Gasteiger partial charge in [0.1, 0.15) is 85.5 Å². The van der Waals surface area contributed by atoms with E-state index in [1.807, 2.05) is 39.8 Å². The summed E-state index contributed by atoms with van der Waals surface area (Å²) >= 11 is 0. The number of likely N-dealkylation sites (N-methyl/N-ethyl adjacent to an activating group) is 1. The predicted molar refractivity (Wildman–Crippen MR) is 310 cm³/mol. The minimum atomic E-state index is -1.62. The predicted octanol–water partition coefficient (Wildman–Crippen LogP) is -6.95. The Bertz CT molecular complexity index is 2260. The Morgan fingerprint density at radius 3 is 1.64 bits per heavy atom. The van der Waals surface area contributed by atoms with Crippen LogP contribution in [0, 0.1) is 29.6 Å². The summed E-state index contributed by atoms with van der Waals surface area (Å²) in [6, 6.07) is -4.52. The van der Waals surface area contributed by atoms with Crippen molar-refractivity contribution in [3.05, 3.63) is 0 Å². The van der Waals surface area contributed by atoms with E-state index in [0.29, 0.717) is 6.42 Å². The Hall–Kier alpha value is -2.02. The summed E-state index contributed by atoms with van der Waals surface area (Å²) in [7, 11) is 5.32. The van der Waals surface area contributed by atoms with Gasteiger partial charge in [-0.25, -0.2) is 0 Å². The normalized spacial score (nSPS) is 51.7. The fourth-order valence-corrected chi connectivity index (χ4v) is 13.6. The maximum Gasteiger partial charge on any atom is 0.311 e. The molecule has 8 aliphatic rings. The first-order chi connectivity index (χ1) is 42.3. The summed E-state index contributed by atoms with van der Waals surface area (Å²) in [6.45, 7) is 13.2. The van der Waals surface area contributed by atoms with E-state index in [2.05, 4.69) is 0 Å². The van der Waals surface area contributed by atoms with E-state index in [1.165, 1.54) is 7.11 Å². The maximum absolute atomic E-state index is 13.9. The van der Waals surface area contributed by atoms with Crippen LogP contribution >= 0.6 is 0 Å². The lowest BCUT2D eigenvalue weighted by Gasteiger charge is -2.47. The molecule has 0 aromatic carbocycles. The smallest absolute Gasteiger partial charge is 0.311 e. The number of esters is 1. The molecule has 0 radical (unpaired) electrons. The van der Waals surface area contributed by atoms with Crippen molar-refractivity contribution in [2.75, 3.05) is 47.6 Å². The van der Waals surface area contributed by atoms with Crippen molar-refractivity contribution in [1.82, 2.24) is 4.90 Å². The maximum atomic E-state index is 13.9. The zero-order valence-corrected chi connectivity index (χ0v) is 53.3. The number of aliphatic hydroxyl groups is 11. The highest BCUT2D eigenvalue weighted by Crippen LogP contribution is 2.44. The number of Topliss-reactive ketones (excluding diaryl/α,β-unsaturated/α-hetero) is 1. The third kappa shape index (κ3) is 16.5. The number of epoxide rings is 1. The molecule has 1 saturated carbocycles. The Morgan fingerprint density at radius 1 is 0.533 bits per heavy atom. The second kappa shape index (κ2) is 31.9. The summed E-state index contributed by atoms with van der Waals surface area (Å²) in [6.07, 6.45) is -27.7. The molecule has 7 saturated heterocycles. The summed E-state index contributed by atoms with van der Waals surface area (Å²) in [5, 5.41) is 116. The van der Waals surface area contributed by atoms with Gasteiger partial charge in [-0.15, -0.1) is 0 Å². The third-order valence-corrected chi connectivity index (χ3v) is 19.7. The van der Waals surface area contributed by atoms with E-state index in [-0.39, 0.29) is 56.3 Å². The number of ether oxygens (including phenoxy) is 13. The Balaban J connectivity index is 0.000000258. The molecule has 0 amide bonds. The van der Waals surface area contributed by atoms with Crippen LogP contribution in [-0.4, -0.2) is 316 Å². The molecule has 0 bridgehead atoms. The molecule has 0 aromatic rings. The lowest BCUT2D eigenvalue weighted by molar-refractivity contribution is -0.310. The van der Waals surface area contributed by atoms with Crippen molar-refractivity contribution in [3.8, 4) is 0 Å².